The highest BCUT2D eigenvalue weighted by molar-refractivity contribution is 9.10. The van der Waals surface area contributed by atoms with Crippen molar-refractivity contribution in [1.29, 1.82) is 0 Å². The minimum Gasteiger partial charge on any atom is -0.299 e. The van der Waals surface area contributed by atoms with Gasteiger partial charge >= 0.3 is 0 Å². The Morgan fingerprint density at radius 1 is 1.45 bits per heavy atom. The van der Waals surface area contributed by atoms with E-state index in [1.165, 1.54) is 12.5 Å². The Hall–Kier alpha value is -0.940. The normalized spacial score (nSPS) is 20.3. The predicted molar refractivity (Wildman–Crippen MR) is 83.6 cm³/mol. The summed E-state index contributed by atoms with van der Waals surface area (Å²) in [6.45, 7) is 9.75. The molecule has 0 aromatic heterocycles. The highest BCUT2D eigenvalue weighted by Gasteiger charge is 2.32. The number of hydrogen-bond donors (Lipinski definition) is 0. The summed E-state index contributed by atoms with van der Waals surface area (Å²) in [5.41, 5.74) is 1.47. The first kappa shape index (κ1) is 15.4. The molecule has 1 saturated heterocycles. The third kappa shape index (κ3) is 3.38. The number of rotatable bonds is 3. The summed E-state index contributed by atoms with van der Waals surface area (Å²) < 4.78 is 0.615. The summed E-state index contributed by atoms with van der Waals surface area (Å²) in [7, 11) is 0. The monoisotopic (exact) mass is 340 g/mol. The number of hydrogen-bond acceptors (Lipinski definition) is 3. The molecule has 0 amide bonds. The predicted octanol–water partition coefficient (Wildman–Crippen LogP) is 4.23. The third-order valence-electron chi connectivity index (χ3n) is 4.15. The molecule has 1 aliphatic heterocycles. The van der Waals surface area contributed by atoms with Gasteiger partial charge in [-0.15, -0.1) is 0 Å². The fraction of sp³-hybridized carbons (Fsp3) is 0.600. The van der Waals surface area contributed by atoms with Gasteiger partial charge in [0.25, 0.3) is 5.69 Å². The molecule has 0 N–H and O–H groups in total. The molecule has 0 bridgehead atoms. The van der Waals surface area contributed by atoms with Crippen LogP contribution in [0.3, 0.4) is 0 Å². The maximum Gasteiger partial charge on any atom is 0.283 e. The van der Waals surface area contributed by atoms with E-state index in [-0.39, 0.29) is 10.6 Å². The fourth-order valence-corrected chi connectivity index (χ4v) is 3.29. The van der Waals surface area contributed by atoms with E-state index in [1.807, 2.05) is 6.07 Å². The zero-order chi connectivity index (χ0) is 14.9. The van der Waals surface area contributed by atoms with Gasteiger partial charge in [-0.3, -0.25) is 15.0 Å². The molecule has 1 aromatic carbocycles. The van der Waals surface area contributed by atoms with Gasteiger partial charge in [-0.25, -0.2) is 0 Å². The second-order valence-electron chi connectivity index (χ2n) is 6.59. The lowest BCUT2D eigenvalue weighted by Gasteiger charge is -2.27. The largest absolute Gasteiger partial charge is 0.299 e. The van der Waals surface area contributed by atoms with Gasteiger partial charge in [-0.2, -0.15) is 0 Å². The maximum atomic E-state index is 11.0. The number of benzene rings is 1. The summed E-state index contributed by atoms with van der Waals surface area (Å²) in [4.78, 5) is 13.0. The smallest absolute Gasteiger partial charge is 0.283 e. The van der Waals surface area contributed by atoms with E-state index in [4.69, 9.17) is 0 Å². The maximum absolute atomic E-state index is 11.0. The van der Waals surface area contributed by atoms with Gasteiger partial charge in [-0.05, 0) is 45.8 Å². The van der Waals surface area contributed by atoms with Crippen LogP contribution in [0.4, 0.5) is 5.69 Å². The molecular weight excluding hydrogens is 320 g/mol. The van der Waals surface area contributed by atoms with Crippen LogP contribution >= 0.6 is 15.9 Å². The van der Waals surface area contributed by atoms with Crippen LogP contribution in [0.25, 0.3) is 0 Å². The highest BCUT2D eigenvalue weighted by atomic mass is 79.9. The van der Waals surface area contributed by atoms with E-state index in [0.717, 1.165) is 25.2 Å². The summed E-state index contributed by atoms with van der Waals surface area (Å²) >= 11 is 3.38. The molecule has 4 nitrogen and oxygen atoms in total. The third-order valence-corrected chi connectivity index (χ3v) is 5.06. The molecule has 5 heteroatoms. The van der Waals surface area contributed by atoms with E-state index < -0.39 is 0 Å². The van der Waals surface area contributed by atoms with E-state index in [2.05, 4.69) is 41.6 Å². The van der Waals surface area contributed by atoms with Crippen LogP contribution < -0.4 is 0 Å². The molecule has 0 spiro atoms. The lowest BCUT2D eigenvalue weighted by molar-refractivity contribution is -0.385. The fourth-order valence-electron chi connectivity index (χ4n) is 2.75. The number of nitrogens with zero attached hydrogens (tertiary/aromatic N) is 2. The van der Waals surface area contributed by atoms with Gasteiger partial charge < -0.3 is 0 Å². The molecule has 110 valence electrons. The molecule has 0 aliphatic carbocycles. The molecule has 0 radical (unpaired) electrons. The molecule has 1 atom stereocenters. The summed E-state index contributed by atoms with van der Waals surface area (Å²) in [5.74, 6) is 0.694. The van der Waals surface area contributed by atoms with Crippen LogP contribution in [-0.2, 0) is 6.54 Å². The Morgan fingerprint density at radius 3 is 2.70 bits per heavy atom. The van der Waals surface area contributed by atoms with Crippen molar-refractivity contribution in [2.45, 2.75) is 33.7 Å². The van der Waals surface area contributed by atoms with Crippen molar-refractivity contribution in [1.82, 2.24) is 4.90 Å². The number of halogens is 1. The Kier molecular flexibility index (Phi) is 4.49. The Labute approximate surface area is 128 Å². The number of nitro groups is 1. The minimum atomic E-state index is -0.338. The van der Waals surface area contributed by atoms with Crippen LogP contribution in [0, 0.1) is 21.4 Å². The van der Waals surface area contributed by atoms with Gasteiger partial charge in [-0.1, -0.05) is 32.9 Å². The summed E-state index contributed by atoms with van der Waals surface area (Å²) in [6.07, 6.45) is 1.20. The minimum absolute atomic E-state index is 0.147. The molecule has 20 heavy (non-hydrogen) atoms. The van der Waals surface area contributed by atoms with Crippen molar-refractivity contribution >= 4 is 21.6 Å². The molecule has 1 unspecified atom stereocenters. The first-order valence-corrected chi connectivity index (χ1v) is 7.72. The molecule has 1 heterocycles. The van der Waals surface area contributed by atoms with Gasteiger partial charge in [0.1, 0.15) is 0 Å². The van der Waals surface area contributed by atoms with Crippen LogP contribution in [0.15, 0.2) is 22.7 Å². The van der Waals surface area contributed by atoms with Crippen LogP contribution in [0.1, 0.15) is 32.8 Å². The standard InChI is InChI=1S/C15H21BrN2O2/c1-15(2,3)12-7-8-17(10-12)9-11-5-4-6-13(14(11)16)18(19)20/h4-6,12H,7-10H2,1-3H3. The van der Waals surface area contributed by atoms with Crippen molar-refractivity contribution in [2.24, 2.45) is 11.3 Å². The SMILES string of the molecule is CC(C)(C)C1CCN(Cc2cccc([N+](=O)[O-])c2Br)C1. The van der Waals surface area contributed by atoms with Crippen molar-refractivity contribution in [3.8, 4) is 0 Å². The van der Waals surface area contributed by atoms with Gasteiger partial charge in [0, 0.05) is 19.2 Å². The van der Waals surface area contributed by atoms with Crippen molar-refractivity contribution in [3.63, 3.8) is 0 Å². The van der Waals surface area contributed by atoms with E-state index in [9.17, 15) is 10.1 Å². The quantitative estimate of drug-likeness (QED) is 0.611. The molecule has 1 aliphatic rings. The lowest BCUT2D eigenvalue weighted by Crippen LogP contribution is -2.25. The zero-order valence-electron chi connectivity index (χ0n) is 12.2. The average molecular weight is 341 g/mol. The first-order chi connectivity index (χ1) is 9.29. The van der Waals surface area contributed by atoms with E-state index >= 15 is 0 Å². The zero-order valence-corrected chi connectivity index (χ0v) is 13.8. The van der Waals surface area contributed by atoms with E-state index in [1.54, 1.807) is 6.07 Å². The summed E-state index contributed by atoms with van der Waals surface area (Å²) in [6, 6.07) is 5.26. The Balaban J connectivity index is 2.09. The molecule has 0 saturated carbocycles. The average Bonchev–Trinajstić information content (AvgIpc) is 2.80. The van der Waals surface area contributed by atoms with Crippen molar-refractivity contribution in [2.75, 3.05) is 13.1 Å². The topological polar surface area (TPSA) is 46.4 Å². The molecular formula is C15H21BrN2O2. The number of nitro benzene ring substituents is 1. The van der Waals surface area contributed by atoms with Crippen LogP contribution in [0.2, 0.25) is 0 Å². The Bertz CT molecular complexity index is 511. The molecule has 1 aromatic rings. The van der Waals surface area contributed by atoms with Crippen LogP contribution in [-0.4, -0.2) is 22.9 Å². The van der Waals surface area contributed by atoms with Crippen molar-refractivity contribution in [3.05, 3.63) is 38.3 Å². The number of likely N-dealkylation sites (tertiary alicyclic amines) is 1. The summed E-state index contributed by atoms with van der Waals surface area (Å²) in [5, 5.41) is 11.0. The second-order valence-corrected chi connectivity index (χ2v) is 7.39. The molecule has 1 fully saturated rings. The van der Waals surface area contributed by atoms with Crippen molar-refractivity contribution < 1.29 is 4.92 Å². The Morgan fingerprint density at radius 2 is 2.15 bits per heavy atom. The highest BCUT2D eigenvalue weighted by Crippen LogP contribution is 2.35. The van der Waals surface area contributed by atoms with Gasteiger partial charge in [0.05, 0.1) is 9.40 Å². The van der Waals surface area contributed by atoms with Crippen LogP contribution in [0.5, 0.6) is 0 Å². The van der Waals surface area contributed by atoms with Gasteiger partial charge in [0.2, 0.25) is 0 Å². The second kappa shape index (κ2) is 5.82. The molecule has 2 rings (SSSR count). The van der Waals surface area contributed by atoms with Gasteiger partial charge in [0.15, 0.2) is 0 Å². The van der Waals surface area contributed by atoms with E-state index in [0.29, 0.717) is 15.8 Å². The first-order valence-electron chi connectivity index (χ1n) is 6.93. The lowest BCUT2D eigenvalue weighted by atomic mass is 9.80.